The molecule has 2 atom stereocenters. The first kappa shape index (κ1) is 9.63. The Morgan fingerprint density at radius 2 is 1.31 bits per heavy atom. The van der Waals surface area contributed by atoms with Crippen LogP contribution in [0.3, 0.4) is 0 Å². The Hall–Kier alpha value is -1.58. The lowest BCUT2D eigenvalue weighted by Gasteiger charge is -2.36. The first-order chi connectivity index (χ1) is 7.74. The zero-order valence-corrected chi connectivity index (χ0v) is 8.85. The molecule has 0 spiro atoms. The van der Waals surface area contributed by atoms with Crippen LogP contribution in [-0.2, 0) is 0 Å². The molecule has 0 bridgehead atoms. The van der Waals surface area contributed by atoms with Gasteiger partial charge in [0.15, 0.2) is 23.0 Å². The summed E-state index contributed by atoms with van der Waals surface area (Å²) in [5, 5.41) is 18.8. The Bertz CT molecular complexity index is 377. The molecule has 1 fully saturated rings. The number of benzene rings is 1. The molecule has 4 heteroatoms. The van der Waals surface area contributed by atoms with Gasteiger partial charge in [-0.2, -0.15) is 0 Å². The minimum absolute atomic E-state index is 0.0881. The van der Waals surface area contributed by atoms with Crippen LogP contribution < -0.4 is 9.47 Å². The molecule has 1 aliphatic carbocycles. The van der Waals surface area contributed by atoms with E-state index >= 15 is 0 Å². The lowest BCUT2D eigenvalue weighted by molar-refractivity contribution is -0.00643. The Labute approximate surface area is 93.4 Å². The Kier molecular flexibility index (Phi) is 2.09. The number of ether oxygens (including phenoxy) is 2. The molecule has 2 N–H and O–H groups in total. The van der Waals surface area contributed by atoms with Gasteiger partial charge in [-0.05, 0) is 25.7 Å². The van der Waals surface area contributed by atoms with Crippen molar-refractivity contribution in [2.75, 3.05) is 0 Å². The highest BCUT2D eigenvalue weighted by Gasteiger charge is 2.34. The van der Waals surface area contributed by atoms with E-state index in [2.05, 4.69) is 0 Å². The van der Waals surface area contributed by atoms with Gasteiger partial charge in [-0.3, -0.25) is 0 Å². The van der Waals surface area contributed by atoms with Gasteiger partial charge in [-0.25, -0.2) is 0 Å². The largest absolute Gasteiger partial charge is 0.504 e. The van der Waals surface area contributed by atoms with E-state index in [1.54, 1.807) is 0 Å². The fraction of sp³-hybridized carbons (Fsp3) is 0.500. The average molecular weight is 222 g/mol. The summed E-state index contributed by atoms with van der Waals surface area (Å²) in [6.07, 6.45) is 4.47. The maximum atomic E-state index is 9.39. The van der Waals surface area contributed by atoms with Gasteiger partial charge in [0.05, 0.1) is 0 Å². The number of aromatic hydroxyl groups is 2. The molecule has 0 saturated heterocycles. The van der Waals surface area contributed by atoms with Crippen molar-refractivity contribution in [3.8, 4) is 23.0 Å². The predicted molar refractivity (Wildman–Crippen MR) is 57.1 cm³/mol. The van der Waals surface area contributed by atoms with E-state index in [0.29, 0.717) is 11.5 Å². The Balaban J connectivity index is 1.95. The number of hydrogen-bond donors (Lipinski definition) is 2. The third-order valence-corrected chi connectivity index (χ3v) is 3.24. The van der Waals surface area contributed by atoms with Crippen molar-refractivity contribution in [3.63, 3.8) is 0 Å². The molecule has 0 aromatic heterocycles. The summed E-state index contributed by atoms with van der Waals surface area (Å²) >= 11 is 0. The van der Waals surface area contributed by atoms with Crippen LogP contribution in [-0.4, -0.2) is 22.4 Å². The van der Waals surface area contributed by atoms with Crippen LogP contribution >= 0.6 is 0 Å². The smallest absolute Gasteiger partial charge is 0.165 e. The van der Waals surface area contributed by atoms with Gasteiger partial charge in [-0.15, -0.1) is 0 Å². The summed E-state index contributed by atoms with van der Waals surface area (Å²) in [4.78, 5) is 0. The highest BCUT2D eigenvalue weighted by molar-refractivity contribution is 5.53. The Morgan fingerprint density at radius 1 is 0.875 bits per heavy atom. The van der Waals surface area contributed by atoms with E-state index in [-0.39, 0.29) is 23.7 Å². The lowest BCUT2D eigenvalue weighted by atomic mass is 9.93. The van der Waals surface area contributed by atoms with Crippen LogP contribution in [0, 0.1) is 0 Å². The minimum atomic E-state index is -0.170. The second-order valence-electron chi connectivity index (χ2n) is 4.38. The Morgan fingerprint density at radius 3 is 1.75 bits per heavy atom. The number of rotatable bonds is 0. The van der Waals surface area contributed by atoms with Crippen molar-refractivity contribution in [1.29, 1.82) is 0 Å². The van der Waals surface area contributed by atoms with Crippen LogP contribution in [0.5, 0.6) is 23.0 Å². The van der Waals surface area contributed by atoms with Gasteiger partial charge in [-0.1, -0.05) is 0 Å². The first-order valence-corrected chi connectivity index (χ1v) is 5.63. The van der Waals surface area contributed by atoms with Gasteiger partial charge in [0.2, 0.25) is 0 Å². The third kappa shape index (κ3) is 1.45. The van der Waals surface area contributed by atoms with Crippen molar-refractivity contribution >= 4 is 0 Å². The molecule has 3 rings (SSSR count). The van der Waals surface area contributed by atoms with Gasteiger partial charge in [0.25, 0.3) is 0 Å². The van der Waals surface area contributed by atoms with Gasteiger partial charge in [0, 0.05) is 12.1 Å². The fourth-order valence-corrected chi connectivity index (χ4v) is 2.38. The van der Waals surface area contributed by atoms with Crippen LogP contribution in [0.1, 0.15) is 25.7 Å². The van der Waals surface area contributed by atoms with E-state index in [0.717, 1.165) is 25.7 Å². The van der Waals surface area contributed by atoms with E-state index < -0.39 is 0 Å². The molecule has 1 aromatic carbocycles. The predicted octanol–water partition coefficient (Wildman–Crippen LogP) is 2.18. The number of phenols is 2. The summed E-state index contributed by atoms with van der Waals surface area (Å²) in [5.41, 5.74) is 0. The van der Waals surface area contributed by atoms with Crippen LogP contribution in [0.25, 0.3) is 0 Å². The van der Waals surface area contributed by atoms with Crippen molar-refractivity contribution in [1.82, 2.24) is 0 Å². The van der Waals surface area contributed by atoms with E-state index in [4.69, 9.17) is 9.47 Å². The molecule has 0 amide bonds. The molecule has 2 aliphatic rings. The second-order valence-corrected chi connectivity index (χ2v) is 4.38. The quantitative estimate of drug-likeness (QED) is 0.660. The maximum Gasteiger partial charge on any atom is 0.165 e. The zero-order valence-electron chi connectivity index (χ0n) is 8.85. The first-order valence-electron chi connectivity index (χ1n) is 5.63. The molecule has 1 heterocycles. The topological polar surface area (TPSA) is 58.9 Å². The van der Waals surface area contributed by atoms with E-state index in [1.807, 2.05) is 0 Å². The summed E-state index contributed by atoms with van der Waals surface area (Å²) < 4.78 is 11.6. The third-order valence-electron chi connectivity index (χ3n) is 3.24. The average Bonchev–Trinajstić information content (AvgIpc) is 2.28. The lowest BCUT2D eigenvalue weighted by Crippen LogP contribution is -2.41. The monoisotopic (exact) mass is 222 g/mol. The summed E-state index contributed by atoms with van der Waals surface area (Å²) in [5.74, 6) is 0.713. The molecule has 1 aromatic rings. The molecule has 4 nitrogen and oxygen atoms in total. The molecule has 1 saturated carbocycles. The molecular formula is C12H14O4. The van der Waals surface area contributed by atoms with Gasteiger partial charge < -0.3 is 19.7 Å². The van der Waals surface area contributed by atoms with Crippen molar-refractivity contribution in [2.45, 2.75) is 37.9 Å². The van der Waals surface area contributed by atoms with Crippen molar-refractivity contribution < 1.29 is 19.7 Å². The van der Waals surface area contributed by atoms with Crippen LogP contribution in [0.4, 0.5) is 0 Å². The van der Waals surface area contributed by atoms with Crippen LogP contribution in [0.2, 0.25) is 0 Å². The highest BCUT2D eigenvalue weighted by Crippen LogP contribution is 2.43. The highest BCUT2D eigenvalue weighted by atomic mass is 16.6. The normalized spacial score (nSPS) is 27.2. The molecule has 0 unspecified atom stereocenters. The number of hydrogen-bond acceptors (Lipinski definition) is 4. The van der Waals surface area contributed by atoms with Crippen molar-refractivity contribution in [3.05, 3.63) is 12.1 Å². The number of fused-ring (bicyclic) bond motifs is 2. The summed E-state index contributed by atoms with van der Waals surface area (Å²) in [6.45, 7) is 0. The minimum Gasteiger partial charge on any atom is -0.504 e. The molecule has 1 aliphatic heterocycles. The van der Waals surface area contributed by atoms with E-state index in [1.165, 1.54) is 12.1 Å². The van der Waals surface area contributed by atoms with Crippen LogP contribution in [0.15, 0.2) is 12.1 Å². The fourth-order valence-electron chi connectivity index (χ4n) is 2.38. The molecule has 86 valence electrons. The number of phenolic OH excluding ortho intramolecular Hbond substituents is 2. The summed E-state index contributed by atoms with van der Waals surface area (Å²) in [7, 11) is 0. The van der Waals surface area contributed by atoms with Gasteiger partial charge >= 0.3 is 0 Å². The van der Waals surface area contributed by atoms with Crippen molar-refractivity contribution in [2.24, 2.45) is 0 Å². The SMILES string of the molecule is Oc1cc2c(cc1O)O[C@@H]1CCCC[C@@H]1O2. The molecule has 16 heavy (non-hydrogen) atoms. The zero-order chi connectivity index (χ0) is 11.1. The summed E-state index contributed by atoms with van der Waals surface area (Å²) in [6, 6.07) is 2.82. The van der Waals surface area contributed by atoms with E-state index in [9.17, 15) is 10.2 Å². The molecule has 0 radical (unpaired) electrons. The second kappa shape index (κ2) is 3.47. The maximum absolute atomic E-state index is 9.39. The molecular weight excluding hydrogens is 208 g/mol. The van der Waals surface area contributed by atoms with Gasteiger partial charge in [0.1, 0.15) is 12.2 Å². The standard InChI is InChI=1S/C12H14O4/c13-7-5-11-12(6-8(7)14)16-10-4-2-1-3-9(10)15-11/h5-6,9-10,13-14H,1-4H2/t9-,10+.